The van der Waals surface area contributed by atoms with Crippen LogP contribution >= 0.6 is 11.6 Å². The maximum atomic E-state index is 10.8. The summed E-state index contributed by atoms with van der Waals surface area (Å²) in [5.41, 5.74) is 0.927. The number of benzene rings is 1. The SMILES string of the molecule is CCCCN(CCCC)CC(Cl)c1cccc([N+](=O)[O-])c1. The number of rotatable bonds is 10. The predicted octanol–water partition coefficient (Wildman–Crippen LogP) is 4.78. The number of hydrogen-bond donors (Lipinski definition) is 0. The number of unbranched alkanes of at least 4 members (excludes halogenated alkanes) is 2. The van der Waals surface area contributed by atoms with Gasteiger partial charge in [0, 0.05) is 18.7 Å². The lowest BCUT2D eigenvalue weighted by molar-refractivity contribution is -0.384. The molecular formula is C16H25ClN2O2. The molecule has 0 aliphatic heterocycles. The second kappa shape index (κ2) is 9.74. The van der Waals surface area contributed by atoms with Gasteiger partial charge in [0.05, 0.1) is 10.3 Å². The molecule has 0 heterocycles. The Morgan fingerprint density at radius 1 is 1.24 bits per heavy atom. The van der Waals surface area contributed by atoms with Crippen LogP contribution in [0.5, 0.6) is 0 Å². The van der Waals surface area contributed by atoms with E-state index in [1.165, 1.54) is 6.07 Å². The number of non-ortho nitro benzene ring substituents is 1. The maximum Gasteiger partial charge on any atom is 0.269 e. The normalized spacial score (nSPS) is 12.6. The maximum absolute atomic E-state index is 10.8. The topological polar surface area (TPSA) is 46.4 Å². The van der Waals surface area contributed by atoms with Crippen molar-refractivity contribution in [2.45, 2.75) is 44.9 Å². The van der Waals surface area contributed by atoms with Gasteiger partial charge in [0.1, 0.15) is 0 Å². The molecule has 1 rings (SSSR count). The molecule has 0 N–H and O–H groups in total. The summed E-state index contributed by atoms with van der Waals surface area (Å²) in [6.45, 7) is 7.17. The van der Waals surface area contributed by atoms with Crippen molar-refractivity contribution >= 4 is 17.3 Å². The molecule has 0 amide bonds. The van der Waals surface area contributed by atoms with Gasteiger partial charge < -0.3 is 4.90 Å². The molecule has 1 atom stereocenters. The Labute approximate surface area is 132 Å². The average molecular weight is 313 g/mol. The number of nitro groups is 1. The van der Waals surface area contributed by atoms with E-state index in [0.29, 0.717) is 0 Å². The molecule has 1 aromatic carbocycles. The van der Waals surface area contributed by atoms with Crippen molar-refractivity contribution in [1.82, 2.24) is 4.90 Å². The summed E-state index contributed by atoms with van der Waals surface area (Å²) in [6.07, 6.45) is 4.63. The summed E-state index contributed by atoms with van der Waals surface area (Å²) in [7, 11) is 0. The molecule has 118 valence electrons. The van der Waals surface area contributed by atoms with Crippen LogP contribution < -0.4 is 0 Å². The number of nitro benzene ring substituents is 1. The molecule has 0 saturated carbocycles. The van der Waals surface area contributed by atoms with Gasteiger partial charge >= 0.3 is 0 Å². The van der Waals surface area contributed by atoms with E-state index in [2.05, 4.69) is 18.7 Å². The average Bonchev–Trinajstić information content (AvgIpc) is 2.49. The van der Waals surface area contributed by atoms with Gasteiger partial charge in [-0.3, -0.25) is 10.1 Å². The third-order valence-electron chi connectivity index (χ3n) is 3.52. The second-order valence-electron chi connectivity index (χ2n) is 5.33. The molecule has 0 aromatic heterocycles. The summed E-state index contributed by atoms with van der Waals surface area (Å²) >= 11 is 6.47. The first-order valence-electron chi connectivity index (χ1n) is 7.69. The Bertz CT molecular complexity index is 432. The zero-order valence-corrected chi connectivity index (χ0v) is 13.7. The molecular weight excluding hydrogens is 288 g/mol. The van der Waals surface area contributed by atoms with E-state index in [1.807, 2.05) is 6.07 Å². The lowest BCUT2D eigenvalue weighted by atomic mass is 10.1. The highest BCUT2D eigenvalue weighted by molar-refractivity contribution is 6.21. The number of nitrogens with zero attached hydrogens (tertiary/aromatic N) is 2. The fourth-order valence-corrected chi connectivity index (χ4v) is 2.55. The molecule has 0 spiro atoms. The third kappa shape index (κ3) is 6.44. The van der Waals surface area contributed by atoms with Crippen molar-refractivity contribution in [3.05, 3.63) is 39.9 Å². The first kappa shape index (κ1) is 17.9. The lowest BCUT2D eigenvalue weighted by Gasteiger charge is -2.24. The lowest BCUT2D eigenvalue weighted by Crippen LogP contribution is -2.29. The minimum Gasteiger partial charge on any atom is -0.302 e. The smallest absolute Gasteiger partial charge is 0.269 e. The van der Waals surface area contributed by atoms with E-state index in [-0.39, 0.29) is 16.0 Å². The van der Waals surface area contributed by atoms with Crippen LogP contribution in [-0.2, 0) is 0 Å². The molecule has 1 unspecified atom stereocenters. The number of halogens is 1. The standard InChI is InChI=1S/C16H25ClN2O2/c1-3-5-10-18(11-6-4-2)13-16(17)14-8-7-9-15(12-14)19(20)21/h7-9,12,16H,3-6,10-11,13H2,1-2H3. The van der Waals surface area contributed by atoms with Crippen LogP contribution in [-0.4, -0.2) is 29.5 Å². The van der Waals surface area contributed by atoms with Gasteiger partial charge in [-0.15, -0.1) is 11.6 Å². The van der Waals surface area contributed by atoms with Gasteiger partial charge in [0.2, 0.25) is 0 Å². The first-order valence-corrected chi connectivity index (χ1v) is 8.12. The van der Waals surface area contributed by atoms with Crippen molar-refractivity contribution in [3.63, 3.8) is 0 Å². The molecule has 0 aliphatic rings. The molecule has 1 aromatic rings. The van der Waals surface area contributed by atoms with Crippen LogP contribution in [0.15, 0.2) is 24.3 Å². The first-order chi connectivity index (χ1) is 10.1. The van der Waals surface area contributed by atoms with Crippen LogP contribution in [0.1, 0.15) is 50.5 Å². The summed E-state index contributed by atoms with van der Waals surface area (Å²) in [5.74, 6) is 0. The number of alkyl halides is 1. The van der Waals surface area contributed by atoms with Crippen molar-refractivity contribution in [2.24, 2.45) is 0 Å². The Balaban J connectivity index is 2.68. The van der Waals surface area contributed by atoms with Gasteiger partial charge in [-0.1, -0.05) is 38.8 Å². The van der Waals surface area contributed by atoms with Gasteiger partial charge in [-0.25, -0.2) is 0 Å². The molecule has 0 saturated heterocycles. The van der Waals surface area contributed by atoms with Crippen LogP contribution in [0.25, 0.3) is 0 Å². The van der Waals surface area contributed by atoms with Crippen molar-refractivity contribution < 1.29 is 4.92 Å². The Morgan fingerprint density at radius 3 is 2.38 bits per heavy atom. The van der Waals surface area contributed by atoms with Gasteiger partial charge in [-0.2, -0.15) is 0 Å². The summed E-state index contributed by atoms with van der Waals surface area (Å²) in [6, 6.07) is 6.64. The zero-order valence-electron chi connectivity index (χ0n) is 12.9. The summed E-state index contributed by atoms with van der Waals surface area (Å²) in [4.78, 5) is 12.8. The minimum atomic E-state index is -0.376. The van der Waals surface area contributed by atoms with Crippen LogP contribution in [0.4, 0.5) is 5.69 Å². The largest absolute Gasteiger partial charge is 0.302 e. The predicted molar refractivity (Wildman–Crippen MR) is 87.9 cm³/mol. The van der Waals surface area contributed by atoms with Crippen LogP contribution in [0.2, 0.25) is 0 Å². The highest BCUT2D eigenvalue weighted by Gasteiger charge is 2.16. The molecule has 0 fully saturated rings. The van der Waals surface area contributed by atoms with E-state index in [0.717, 1.165) is 50.9 Å². The van der Waals surface area contributed by atoms with Gasteiger partial charge in [-0.05, 0) is 31.5 Å². The van der Waals surface area contributed by atoms with Gasteiger partial charge in [0.15, 0.2) is 0 Å². The highest BCUT2D eigenvalue weighted by Crippen LogP contribution is 2.25. The Hall–Kier alpha value is -1.13. The molecule has 21 heavy (non-hydrogen) atoms. The van der Waals surface area contributed by atoms with E-state index in [9.17, 15) is 10.1 Å². The molecule has 5 heteroatoms. The van der Waals surface area contributed by atoms with Gasteiger partial charge in [0.25, 0.3) is 5.69 Å². The second-order valence-corrected chi connectivity index (χ2v) is 5.85. The highest BCUT2D eigenvalue weighted by atomic mass is 35.5. The van der Waals surface area contributed by atoms with Crippen molar-refractivity contribution in [1.29, 1.82) is 0 Å². The van der Waals surface area contributed by atoms with E-state index >= 15 is 0 Å². The van der Waals surface area contributed by atoms with Crippen LogP contribution in [0, 0.1) is 10.1 Å². The number of hydrogen-bond acceptors (Lipinski definition) is 3. The van der Waals surface area contributed by atoms with E-state index < -0.39 is 0 Å². The fraction of sp³-hybridized carbons (Fsp3) is 0.625. The molecule has 4 nitrogen and oxygen atoms in total. The fourth-order valence-electron chi connectivity index (χ4n) is 2.22. The summed E-state index contributed by atoms with van der Waals surface area (Å²) < 4.78 is 0. The van der Waals surface area contributed by atoms with E-state index in [4.69, 9.17) is 11.6 Å². The molecule has 0 bridgehead atoms. The van der Waals surface area contributed by atoms with E-state index in [1.54, 1.807) is 12.1 Å². The summed E-state index contributed by atoms with van der Waals surface area (Å²) in [5, 5.41) is 10.6. The molecule has 0 aliphatic carbocycles. The zero-order chi connectivity index (χ0) is 15.7. The van der Waals surface area contributed by atoms with Crippen molar-refractivity contribution in [2.75, 3.05) is 19.6 Å². The monoisotopic (exact) mass is 312 g/mol. The Morgan fingerprint density at radius 2 is 1.86 bits per heavy atom. The minimum absolute atomic E-state index is 0.104. The van der Waals surface area contributed by atoms with Crippen molar-refractivity contribution in [3.8, 4) is 0 Å². The molecule has 0 radical (unpaired) electrons. The van der Waals surface area contributed by atoms with Crippen LogP contribution in [0.3, 0.4) is 0 Å². The quantitative estimate of drug-likeness (QED) is 0.355. The third-order valence-corrected chi connectivity index (χ3v) is 3.91. The Kier molecular flexibility index (Phi) is 8.31.